The van der Waals surface area contributed by atoms with Crippen LogP contribution in [0.3, 0.4) is 0 Å². The number of hydrogen-bond donors (Lipinski definition) is 2. The quantitative estimate of drug-likeness (QED) is 0.693. The second kappa shape index (κ2) is 17.2. The van der Waals surface area contributed by atoms with Crippen molar-refractivity contribution >= 4 is 11.9 Å². The van der Waals surface area contributed by atoms with E-state index in [4.69, 9.17) is 16.2 Å². The van der Waals surface area contributed by atoms with Crippen molar-refractivity contribution in [2.24, 2.45) is 23.3 Å². The van der Waals surface area contributed by atoms with Gasteiger partial charge in [0, 0.05) is 6.42 Å². The number of carbonyl (C=O) groups excluding carboxylic acids is 2. The molecule has 0 saturated carbocycles. The van der Waals surface area contributed by atoms with Gasteiger partial charge in [-0.15, -0.1) is 0 Å². The van der Waals surface area contributed by atoms with Gasteiger partial charge in [0.05, 0.1) is 13.2 Å². The Kier molecular flexibility index (Phi) is 20.0. The molecule has 0 aromatic rings. The van der Waals surface area contributed by atoms with Crippen LogP contribution in [-0.2, 0) is 19.1 Å². The van der Waals surface area contributed by atoms with Crippen LogP contribution in [0.5, 0.6) is 0 Å². The molecule has 0 aliphatic carbocycles. The smallest absolute Gasteiger partial charge is 0.322 e. The first-order valence-corrected chi connectivity index (χ1v) is 8.36. The Balaban J connectivity index is -0.000000324. The van der Waals surface area contributed by atoms with Gasteiger partial charge in [0.1, 0.15) is 6.04 Å². The van der Waals surface area contributed by atoms with Crippen molar-refractivity contribution in [3.8, 4) is 0 Å². The maximum atomic E-state index is 10.9. The highest BCUT2D eigenvalue weighted by molar-refractivity contribution is 5.75. The molecule has 2 atom stereocenters. The zero-order valence-corrected chi connectivity index (χ0v) is 16.2. The fourth-order valence-electron chi connectivity index (χ4n) is 1.59. The standard InChI is InChI=1S/C9H19NO2.C6H13NO2.C2H6/c1-7(2)4-8(6-10)5-9(11)12-3;1-4(2)9-6(8)5(3)7;1-2/h7-8H,4-6,10H2,1-3H3;4-5H,7H2,1-3H3;1-2H3. The van der Waals surface area contributed by atoms with Gasteiger partial charge >= 0.3 is 11.9 Å². The monoisotopic (exact) mass is 334 g/mol. The summed E-state index contributed by atoms with van der Waals surface area (Å²) < 4.78 is 9.32. The van der Waals surface area contributed by atoms with Gasteiger partial charge in [-0.3, -0.25) is 9.59 Å². The first-order chi connectivity index (χ1) is 10.6. The molecule has 0 rings (SSSR count). The van der Waals surface area contributed by atoms with Gasteiger partial charge in [0.25, 0.3) is 0 Å². The van der Waals surface area contributed by atoms with E-state index in [1.54, 1.807) is 20.8 Å². The SMILES string of the molecule is CC.CC(C)OC(=O)C(C)N.COC(=O)CC(CN)CC(C)C. The molecule has 0 fully saturated rings. The van der Waals surface area contributed by atoms with Gasteiger partial charge in [-0.25, -0.2) is 0 Å². The molecule has 0 aromatic heterocycles. The molecule has 23 heavy (non-hydrogen) atoms. The maximum Gasteiger partial charge on any atom is 0.322 e. The average Bonchev–Trinajstić information content (AvgIpc) is 2.47. The lowest BCUT2D eigenvalue weighted by Gasteiger charge is -2.15. The maximum absolute atomic E-state index is 10.9. The summed E-state index contributed by atoms with van der Waals surface area (Å²) in [6.45, 7) is 14.0. The summed E-state index contributed by atoms with van der Waals surface area (Å²) in [5.74, 6) is 0.358. The van der Waals surface area contributed by atoms with E-state index in [-0.39, 0.29) is 24.0 Å². The number of rotatable bonds is 7. The Hall–Kier alpha value is -1.14. The lowest BCUT2D eigenvalue weighted by Crippen LogP contribution is -2.30. The molecule has 0 amide bonds. The summed E-state index contributed by atoms with van der Waals surface area (Å²) in [6.07, 6.45) is 1.38. The fourth-order valence-corrected chi connectivity index (χ4v) is 1.59. The zero-order valence-electron chi connectivity index (χ0n) is 16.2. The number of nitrogens with two attached hydrogens (primary N) is 2. The van der Waals surface area contributed by atoms with Gasteiger partial charge in [0.15, 0.2) is 0 Å². The van der Waals surface area contributed by atoms with Crippen molar-refractivity contribution in [3.63, 3.8) is 0 Å². The van der Waals surface area contributed by atoms with Crippen molar-refractivity contribution in [1.29, 1.82) is 0 Å². The fraction of sp³-hybridized carbons (Fsp3) is 0.882. The van der Waals surface area contributed by atoms with E-state index in [1.807, 2.05) is 13.8 Å². The minimum absolute atomic E-state index is 0.0662. The number of ether oxygens (including phenoxy) is 2. The summed E-state index contributed by atoms with van der Waals surface area (Å²) in [5, 5.41) is 0. The van der Waals surface area contributed by atoms with Crippen molar-refractivity contribution in [2.45, 2.75) is 73.5 Å². The molecule has 0 spiro atoms. The molecule has 2 unspecified atom stereocenters. The lowest BCUT2D eigenvalue weighted by molar-refractivity contribution is -0.148. The Bertz CT molecular complexity index is 292. The van der Waals surface area contributed by atoms with E-state index in [9.17, 15) is 9.59 Å². The van der Waals surface area contributed by atoms with Crippen LogP contribution in [0.25, 0.3) is 0 Å². The van der Waals surface area contributed by atoms with Crippen LogP contribution >= 0.6 is 0 Å². The molecule has 6 nitrogen and oxygen atoms in total. The van der Waals surface area contributed by atoms with Crippen molar-refractivity contribution in [1.82, 2.24) is 0 Å². The van der Waals surface area contributed by atoms with Gasteiger partial charge in [-0.2, -0.15) is 0 Å². The summed E-state index contributed by atoms with van der Waals surface area (Å²) in [5.41, 5.74) is 10.7. The van der Waals surface area contributed by atoms with Crippen LogP contribution < -0.4 is 11.5 Å². The Morgan fingerprint density at radius 3 is 1.74 bits per heavy atom. The first-order valence-electron chi connectivity index (χ1n) is 8.36. The van der Waals surface area contributed by atoms with Crippen LogP contribution in [0, 0.1) is 11.8 Å². The molecule has 0 aliphatic rings. The minimum atomic E-state index is -0.507. The second-order valence-electron chi connectivity index (χ2n) is 5.79. The molecule has 4 N–H and O–H groups in total. The van der Waals surface area contributed by atoms with Crippen LogP contribution in [0.1, 0.15) is 61.3 Å². The topological polar surface area (TPSA) is 105 Å². The highest BCUT2D eigenvalue weighted by Gasteiger charge is 2.13. The highest BCUT2D eigenvalue weighted by atomic mass is 16.5. The minimum Gasteiger partial charge on any atom is -0.469 e. The van der Waals surface area contributed by atoms with Crippen molar-refractivity contribution < 1.29 is 19.1 Å². The van der Waals surface area contributed by atoms with E-state index in [0.29, 0.717) is 18.9 Å². The van der Waals surface area contributed by atoms with Gasteiger partial charge in [-0.1, -0.05) is 27.7 Å². The van der Waals surface area contributed by atoms with Crippen LogP contribution in [0.15, 0.2) is 0 Å². The summed E-state index contributed by atoms with van der Waals surface area (Å²) in [4.78, 5) is 21.5. The molecule has 0 aromatic carbocycles. The second-order valence-corrected chi connectivity index (χ2v) is 5.79. The zero-order chi connectivity index (χ0) is 19.0. The van der Waals surface area contributed by atoms with E-state index >= 15 is 0 Å². The molecule has 0 aliphatic heterocycles. The van der Waals surface area contributed by atoms with Crippen LogP contribution in [0.2, 0.25) is 0 Å². The van der Waals surface area contributed by atoms with Gasteiger partial charge in [0.2, 0.25) is 0 Å². The van der Waals surface area contributed by atoms with E-state index in [1.165, 1.54) is 7.11 Å². The number of carbonyl (C=O) groups is 2. The Morgan fingerprint density at radius 1 is 1.04 bits per heavy atom. The number of methoxy groups -OCH3 is 1. The molecule has 0 heterocycles. The third kappa shape index (κ3) is 20.9. The Labute approximate surface area is 142 Å². The van der Waals surface area contributed by atoms with Gasteiger partial charge in [-0.05, 0) is 45.6 Å². The predicted molar refractivity (Wildman–Crippen MR) is 94.9 cm³/mol. The molecule has 0 saturated heterocycles. The lowest BCUT2D eigenvalue weighted by atomic mass is 9.94. The molecule has 0 bridgehead atoms. The van der Waals surface area contributed by atoms with Crippen molar-refractivity contribution in [2.75, 3.05) is 13.7 Å². The van der Waals surface area contributed by atoms with Crippen LogP contribution in [-0.4, -0.2) is 37.7 Å². The number of esters is 2. The third-order valence-corrected chi connectivity index (χ3v) is 2.54. The molecular formula is C17H38N2O4. The predicted octanol–water partition coefficient (Wildman–Crippen LogP) is 2.48. The summed E-state index contributed by atoms with van der Waals surface area (Å²) in [7, 11) is 1.41. The normalized spacial score (nSPS) is 12.3. The molecule has 6 heteroatoms. The van der Waals surface area contributed by atoms with Crippen LogP contribution in [0.4, 0.5) is 0 Å². The largest absolute Gasteiger partial charge is 0.469 e. The molecule has 0 radical (unpaired) electrons. The average molecular weight is 335 g/mol. The Morgan fingerprint density at radius 2 is 1.52 bits per heavy atom. The van der Waals surface area contributed by atoms with E-state index in [0.717, 1.165) is 6.42 Å². The van der Waals surface area contributed by atoms with Crippen molar-refractivity contribution in [3.05, 3.63) is 0 Å². The number of hydrogen-bond acceptors (Lipinski definition) is 6. The molecule has 140 valence electrons. The van der Waals surface area contributed by atoms with Gasteiger partial charge < -0.3 is 20.9 Å². The van der Waals surface area contributed by atoms with E-state index in [2.05, 4.69) is 18.6 Å². The first kappa shape index (κ1) is 26.7. The van der Waals surface area contributed by atoms with E-state index < -0.39 is 6.04 Å². The third-order valence-electron chi connectivity index (χ3n) is 2.54. The molecular weight excluding hydrogens is 296 g/mol. The summed E-state index contributed by atoms with van der Waals surface area (Å²) >= 11 is 0. The summed E-state index contributed by atoms with van der Waals surface area (Å²) in [6, 6.07) is -0.507. The highest BCUT2D eigenvalue weighted by Crippen LogP contribution is 2.14.